The minimum atomic E-state index is -0.660. The summed E-state index contributed by atoms with van der Waals surface area (Å²) >= 11 is 0. The van der Waals surface area contributed by atoms with Crippen molar-refractivity contribution in [1.29, 1.82) is 0 Å². The minimum Gasteiger partial charge on any atom is -0.465 e. The van der Waals surface area contributed by atoms with Gasteiger partial charge in [-0.05, 0) is 31.0 Å². The van der Waals surface area contributed by atoms with Crippen molar-refractivity contribution in [3.8, 4) is 0 Å². The van der Waals surface area contributed by atoms with Gasteiger partial charge in [0.15, 0.2) is 0 Å². The number of hydrogen-bond acceptors (Lipinski definition) is 3. The molecule has 1 aromatic rings. The first-order chi connectivity index (χ1) is 8.49. The average Bonchev–Trinajstić information content (AvgIpc) is 2.38. The molecule has 1 N–H and O–H groups in total. The molecule has 2 unspecified atom stereocenters. The first kappa shape index (κ1) is 14.5. The Morgan fingerprint density at radius 3 is 2.67 bits per heavy atom. The second-order valence-corrected chi connectivity index (χ2v) is 4.50. The number of methoxy groups -OCH3 is 1. The number of carbonyl (C=O) groups excluding carboxylic acids is 1. The van der Waals surface area contributed by atoms with Crippen LogP contribution in [0.4, 0.5) is 10.1 Å². The highest BCUT2D eigenvalue weighted by Gasteiger charge is 2.15. The summed E-state index contributed by atoms with van der Waals surface area (Å²) in [6, 6.07) is 4.64. The molecule has 0 amide bonds. The number of rotatable bonds is 5. The summed E-state index contributed by atoms with van der Waals surface area (Å²) in [5.41, 5.74) is 0.684. The predicted octanol–water partition coefficient (Wildman–Crippen LogP) is 3.46. The molecule has 3 nitrogen and oxygen atoms in total. The third-order valence-corrected chi connectivity index (χ3v) is 3.26. The van der Waals surface area contributed by atoms with Crippen LogP contribution in [0.1, 0.15) is 37.6 Å². The average molecular weight is 253 g/mol. The number of benzene rings is 1. The van der Waals surface area contributed by atoms with Crippen molar-refractivity contribution in [2.24, 2.45) is 5.92 Å². The van der Waals surface area contributed by atoms with Gasteiger partial charge in [-0.25, -0.2) is 9.18 Å². The third kappa shape index (κ3) is 3.45. The van der Waals surface area contributed by atoms with E-state index >= 15 is 0 Å². The third-order valence-electron chi connectivity index (χ3n) is 3.26. The fraction of sp³-hybridized carbons (Fsp3) is 0.500. The molecule has 0 fully saturated rings. The van der Waals surface area contributed by atoms with Gasteiger partial charge in [0.25, 0.3) is 0 Å². The lowest BCUT2D eigenvalue weighted by Crippen LogP contribution is -2.23. The fourth-order valence-corrected chi connectivity index (χ4v) is 1.64. The highest BCUT2D eigenvalue weighted by atomic mass is 19.1. The maximum atomic E-state index is 13.4. The van der Waals surface area contributed by atoms with Crippen molar-refractivity contribution in [2.45, 2.75) is 33.2 Å². The van der Waals surface area contributed by atoms with Gasteiger partial charge in [-0.3, -0.25) is 0 Å². The lowest BCUT2D eigenvalue weighted by atomic mass is 10.0. The highest BCUT2D eigenvalue weighted by molar-refractivity contribution is 5.90. The Labute approximate surface area is 107 Å². The Balaban J connectivity index is 2.88. The fourth-order valence-electron chi connectivity index (χ4n) is 1.64. The number of esters is 1. The van der Waals surface area contributed by atoms with E-state index < -0.39 is 11.8 Å². The summed E-state index contributed by atoms with van der Waals surface area (Å²) < 4.78 is 18.0. The van der Waals surface area contributed by atoms with Gasteiger partial charge in [0.1, 0.15) is 5.82 Å². The molecule has 100 valence electrons. The van der Waals surface area contributed by atoms with Crippen LogP contribution in [0.2, 0.25) is 0 Å². The monoisotopic (exact) mass is 253 g/mol. The molecule has 2 atom stereocenters. The van der Waals surface area contributed by atoms with Crippen molar-refractivity contribution in [1.82, 2.24) is 0 Å². The molecule has 0 aliphatic rings. The molecule has 0 radical (unpaired) electrons. The largest absolute Gasteiger partial charge is 0.465 e. The van der Waals surface area contributed by atoms with Gasteiger partial charge >= 0.3 is 5.97 Å². The lowest BCUT2D eigenvalue weighted by Gasteiger charge is -2.21. The second-order valence-electron chi connectivity index (χ2n) is 4.50. The minimum absolute atomic E-state index is 0.0427. The Bertz CT molecular complexity index is 420. The Morgan fingerprint density at radius 2 is 2.11 bits per heavy atom. The molecule has 0 bridgehead atoms. The van der Waals surface area contributed by atoms with E-state index in [2.05, 4.69) is 30.8 Å². The van der Waals surface area contributed by atoms with E-state index in [1.165, 1.54) is 19.2 Å². The van der Waals surface area contributed by atoms with Gasteiger partial charge < -0.3 is 10.1 Å². The summed E-state index contributed by atoms with van der Waals surface area (Å²) in [7, 11) is 1.24. The van der Waals surface area contributed by atoms with E-state index in [1.807, 2.05) is 0 Å². The normalized spacial score (nSPS) is 13.8. The lowest BCUT2D eigenvalue weighted by molar-refractivity contribution is 0.0595. The highest BCUT2D eigenvalue weighted by Crippen LogP contribution is 2.19. The standard InChI is InChI=1S/C14H20FNO2/c1-5-9(2)10(3)16-11-6-7-13(15)12(8-11)14(17)18-4/h6-10,16H,5H2,1-4H3. The molecule has 0 saturated carbocycles. The molecule has 0 aromatic heterocycles. The molecule has 0 aliphatic carbocycles. The van der Waals surface area contributed by atoms with Crippen molar-refractivity contribution in [2.75, 3.05) is 12.4 Å². The van der Waals surface area contributed by atoms with E-state index in [0.717, 1.165) is 12.1 Å². The first-order valence-electron chi connectivity index (χ1n) is 6.14. The zero-order valence-electron chi connectivity index (χ0n) is 11.3. The van der Waals surface area contributed by atoms with Crippen LogP contribution in [-0.2, 0) is 4.74 Å². The molecular weight excluding hydrogens is 233 g/mol. The van der Waals surface area contributed by atoms with Gasteiger partial charge in [0, 0.05) is 11.7 Å². The van der Waals surface area contributed by atoms with Crippen molar-refractivity contribution in [3.63, 3.8) is 0 Å². The number of ether oxygens (including phenoxy) is 1. The summed E-state index contributed by atoms with van der Waals surface area (Å²) in [6.07, 6.45) is 1.05. The topological polar surface area (TPSA) is 38.3 Å². The van der Waals surface area contributed by atoms with E-state index in [0.29, 0.717) is 5.92 Å². The maximum Gasteiger partial charge on any atom is 0.340 e. The zero-order valence-corrected chi connectivity index (χ0v) is 11.3. The van der Waals surface area contributed by atoms with Crippen molar-refractivity contribution < 1.29 is 13.9 Å². The maximum absolute atomic E-state index is 13.4. The molecule has 18 heavy (non-hydrogen) atoms. The summed E-state index contributed by atoms with van der Waals surface area (Å²) in [5, 5.41) is 3.26. The van der Waals surface area contributed by atoms with Gasteiger partial charge in [-0.15, -0.1) is 0 Å². The molecule has 4 heteroatoms. The van der Waals surface area contributed by atoms with Crippen molar-refractivity contribution >= 4 is 11.7 Å². The van der Waals surface area contributed by atoms with Crippen LogP contribution in [-0.4, -0.2) is 19.1 Å². The van der Waals surface area contributed by atoms with E-state index in [1.54, 1.807) is 6.07 Å². The van der Waals surface area contributed by atoms with Crippen molar-refractivity contribution in [3.05, 3.63) is 29.6 Å². The number of anilines is 1. The van der Waals surface area contributed by atoms with Gasteiger partial charge in [-0.1, -0.05) is 20.3 Å². The molecule has 1 aromatic carbocycles. The number of nitrogens with one attached hydrogen (secondary N) is 1. The number of hydrogen-bond donors (Lipinski definition) is 1. The van der Waals surface area contributed by atoms with Crippen LogP contribution in [0.15, 0.2) is 18.2 Å². The number of carbonyl (C=O) groups is 1. The zero-order chi connectivity index (χ0) is 13.7. The Hall–Kier alpha value is -1.58. The first-order valence-corrected chi connectivity index (χ1v) is 6.14. The second kappa shape index (κ2) is 6.38. The quantitative estimate of drug-likeness (QED) is 0.817. The predicted molar refractivity (Wildman–Crippen MR) is 70.3 cm³/mol. The van der Waals surface area contributed by atoms with Crippen LogP contribution in [0.3, 0.4) is 0 Å². The molecule has 0 heterocycles. The Kier molecular flexibility index (Phi) is 5.13. The smallest absolute Gasteiger partial charge is 0.340 e. The SMILES string of the molecule is CCC(C)C(C)Nc1ccc(F)c(C(=O)OC)c1. The van der Waals surface area contributed by atoms with Crippen LogP contribution >= 0.6 is 0 Å². The molecule has 0 saturated heterocycles. The van der Waals surface area contributed by atoms with E-state index in [9.17, 15) is 9.18 Å². The molecule has 0 spiro atoms. The van der Waals surface area contributed by atoms with Crippen LogP contribution in [0.5, 0.6) is 0 Å². The molecular formula is C14H20FNO2. The summed E-state index contributed by atoms with van der Waals surface area (Å²) in [6.45, 7) is 6.32. The summed E-state index contributed by atoms with van der Waals surface area (Å²) in [4.78, 5) is 11.4. The van der Waals surface area contributed by atoms with E-state index in [-0.39, 0.29) is 11.6 Å². The van der Waals surface area contributed by atoms with Gasteiger partial charge in [-0.2, -0.15) is 0 Å². The summed E-state index contributed by atoms with van der Waals surface area (Å²) in [5.74, 6) is -0.729. The van der Waals surface area contributed by atoms with E-state index in [4.69, 9.17) is 0 Å². The van der Waals surface area contributed by atoms with Gasteiger partial charge in [0.05, 0.1) is 12.7 Å². The number of halogens is 1. The van der Waals surface area contributed by atoms with Gasteiger partial charge in [0.2, 0.25) is 0 Å². The Morgan fingerprint density at radius 1 is 1.44 bits per heavy atom. The molecule has 1 rings (SSSR count). The molecule has 0 aliphatic heterocycles. The van der Waals surface area contributed by atoms with Crippen LogP contribution < -0.4 is 5.32 Å². The van der Waals surface area contributed by atoms with Crippen LogP contribution in [0, 0.1) is 11.7 Å². The van der Waals surface area contributed by atoms with Crippen LogP contribution in [0.25, 0.3) is 0 Å².